The average Bonchev–Trinajstić information content (AvgIpc) is 3.14. The predicted octanol–water partition coefficient (Wildman–Crippen LogP) is 4.17. The van der Waals surface area contributed by atoms with Crippen molar-refractivity contribution in [3.8, 4) is 0 Å². The predicted molar refractivity (Wildman–Crippen MR) is 106 cm³/mol. The molecule has 0 radical (unpaired) electrons. The van der Waals surface area contributed by atoms with Crippen LogP contribution in [0, 0.1) is 0 Å². The molecule has 0 saturated carbocycles. The van der Waals surface area contributed by atoms with Crippen molar-refractivity contribution in [1.29, 1.82) is 0 Å². The van der Waals surface area contributed by atoms with Crippen molar-refractivity contribution in [3.05, 3.63) is 95.2 Å². The quantitative estimate of drug-likeness (QED) is 0.549. The van der Waals surface area contributed by atoms with E-state index in [1.54, 1.807) is 0 Å². The van der Waals surface area contributed by atoms with Crippen LogP contribution in [0.3, 0.4) is 0 Å². The molecular formula is C21H17ClN4O. The lowest BCUT2D eigenvalue weighted by Crippen LogP contribution is -2.29. The summed E-state index contributed by atoms with van der Waals surface area (Å²) in [6.45, 7) is 0.390. The number of carbonyl (C=O) groups is 1. The zero-order valence-corrected chi connectivity index (χ0v) is 15.1. The summed E-state index contributed by atoms with van der Waals surface area (Å²) in [7, 11) is 0. The molecule has 0 fully saturated rings. The van der Waals surface area contributed by atoms with Crippen LogP contribution in [0.15, 0.2) is 73.3 Å². The smallest absolute Gasteiger partial charge is 0.271 e. The highest BCUT2D eigenvalue weighted by Crippen LogP contribution is 2.34. The molecule has 2 N–H and O–H groups in total. The van der Waals surface area contributed by atoms with Gasteiger partial charge in [-0.25, -0.2) is 4.98 Å². The number of rotatable bonds is 5. The van der Waals surface area contributed by atoms with Crippen LogP contribution in [0.2, 0.25) is 5.02 Å². The third kappa shape index (κ3) is 3.55. The van der Waals surface area contributed by atoms with Crippen LogP contribution in [0.5, 0.6) is 0 Å². The van der Waals surface area contributed by atoms with E-state index in [1.165, 1.54) is 18.6 Å². The lowest BCUT2D eigenvalue weighted by molar-refractivity contribution is 0.0947. The Hall–Kier alpha value is -3.18. The molecule has 1 atom stereocenters. The molecule has 2 aromatic heterocycles. The molecule has 1 amide bonds. The molecule has 0 bridgehead atoms. The van der Waals surface area contributed by atoms with Crippen LogP contribution >= 0.6 is 11.6 Å². The minimum Gasteiger partial charge on any atom is -0.361 e. The minimum atomic E-state index is -0.264. The Bertz CT molecular complexity index is 1080. The third-order valence-electron chi connectivity index (χ3n) is 4.54. The Balaban J connectivity index is 1.69. The van der Waals surface area contributed by atoms with Crippen molar-refractivity contribution in [2.75, 3.05) is 6.54 Å². The van der Waals surface area contributed by atoms with Crippen molar-refractivity contribution in [3.63, 3.8) is 0 Å². The topological polar surface area (TPSA) is 70.7 Å². The van der Waals surface area contributed by atoms with Crippen LogP contribution in [0.25, 0.3) is 10.9 Å². The fourth-order valence-electron chi connectivity index (χ4n) is 3.23. The standard InChI is InChI=1S/C21H17ClN4O/c22-18-7-3-1-5-14(18)16(12-26-21(27)20-13-23-9-10-24-20)17-11-25-19-8-4-2-6-15(17)19/h1-11,13,16,25H,12H2,(H,26,27)/t16-/m1/s1. The van der Waals surface area contributed by atoms with E-state index in [-0.39, 0.29) is 17.5 Å². The average molecular weight is 377 g/mol. The van der Waals surface area contributed by atoms with E-state index < -0.39 is 0 Å². The number of hydrogen-bond acceptors (Lipinski definition) is 3. The first kappa shape index (κ1) is 17.2. The summed E-state index contributed by atoms with van der Waals surface area (Å²) < 4.78 is 0. The van der Waals surface area contributed by atoms with Gasteiger partial charge >= 0.3 is 0 Å². The first-order chi connectivity index (χ1) is 13.2. The number of aromatic nitrogens is 3. The first-order valence-electron chi connectivity index (χ1n) is 8.58. The Morgan fingerprint density at radius 1 is 1.07 bits per heavy atom. The van der Waals surface area contributed by atoms with Crippen LogP contribution in [0.1, 0.15) is 27.5 Å². The van der Waals surface area contributed by atoms with Gasteiger partial charge in [-0.3, -0.25) is 9.78 Å². The highest BCUT2D eigenvalue weighted by atomic mass is 35.5. The van der Waals surface area contributed by atoms with Gasteiger partial charge in [0.1, 0.15) is 5.69 Å². The normalized spacial score (nSPS) is 12.0. The second kappa shape index (κ2) is 7.60. The van der Waals surface area contributed by atoms with Crippen molar-refractivity contribution in [2.45, 2.75) is 5.92 Å². The largest absolute Gasteiger partial charge is 0.361 e. The number of aromatic amines is 1. The summed E-state index contributed by atoms with van der Waals surface area (Å²) in [5.74, 6) is -0.365. The van der Waals surface area contributed by atoms with Gasteiger partial charge in [-0.05, 0) is 23.3 Å². The fraction of sp³-hybridized carbons (Fsp3) is 0.0952. The van der Waals surface area contributed by atoms with Crippen LogP contribution in [-0.2, 0) is 0 Å². The number of H-pyrrole nitrogens is 1. The summed E-state index contributed by atoms with van der Waals surface area (Å²) in [6.07, 6.45) is 6.47. The molecule has 0 saturated heterocycles. The molecule has 2 heterocycles. The van der Waals surface area contributed by atoms with Gasteiger partial charge in [-0.1, -0.05) is 48.0 Å². The molecule has 0 aliphatic carbocycles. The van der Waals surface area contributed by atoms with E-state index in [0.717, 1.165) is 22.0 Å². The number of nitrogens with one attached hydrogen (secondary N) is 2. The lowest BCUT2D eigenvalue weighted by Gasteiger charge is -2.19. The van der Waals surface area contributed by atoms with E-state index in [1.807, 2.05) is 48.7 Å². The third-order valence-corrected chi connectivity index (χ3v) is 4.88. The second-order valence-electron chi connectivity index (χ2n) is 6.16. The Morgan fingerprint density at radius 3 is 2.70 bits per heavy atom. The second-order valence-corrected chi connectivity index (χ2v) is 6.57. The molecule has 0 aliphatic rings. The monoisotopic (exact) mass is 376 g/mol. The van der Waals surface area contributed by atoms with Crippen molar-refractivity contribution < 1.29 is 4.79 Å². The summed E-state index contributed by atoms with van der Waals surface area (Å²) in [6, 6.07) is 15.8. The first-order valence-corrected chi connectivity index (χ1v) is 8.96. The molecule has 6 heteroatoms. The van der Waals surface area contributed by atoms with Crippen molar-refractivity contribution in [2.24, 2.45) is 0 Å². The zero-order valence-electron chi connectivity index (χ0n) is 14.4. The Kier molecular flexibility index (Phi) is 4.85. The van der Waals surface area contributed by atoms with Crippen LogP contribution < -0.4 is 5.32 Å². The van der Waals surface area contributed by atoms with E-state index in [2.05, 4.69) is 26.3 Å². The summed E-state index contributed by atoms with van der Waals surface area (Å²) in [5.41, 5.74) is 3.38. The maximum absolute atomic E-state index is 12.4. The van der Waals surface area contributed by atoms with Crippen LogP contribution in [-0.4, -0.2) is 27.4 Å². The van der Waals surface area contributed by atoms with Crippen molar-refractivity contribution >= 4 is 28.4 Å². The number of hydrogen-bond donors (Lipinski definition) is 2. The lowest BCUT2D eigenvalue weighted by atomic mass is 9.90. The Morgan fingerprint density at radius 2 is 1.89 bits per heavy atom. The Labute approximate surface area is 161 Å². The van der Waals surface area contributed by atoms with Crippen LogP contribution in [0.4, 0.5) is 0 Å². The van der Waals surface area contributed by atoms with Gasteiger partial charge in [-0.15, -0.1) is 0 Å². The summed E-state index contributed by atoms with van der Waals surface area (Å²) >= 11 is 6.47. The van der Waals surface area contributed by atoms with Gasteiger partial charge < -0.3 is 10.3 Å². The molecule has 4 rings (SSSR count). The van der Waals surface area contributed by atoms with Gasteiger partial charge in [0, 0.05) is 47.0 Å². The number of benzene rings is 2. The summed E-state index contributed by atoms with van der Waals surface area (Å²) in [5, 5.41) is 4.74. The van der Waals surface area contributed by atoms with Gasteiger partial charge in [0.25, 0.3) is 5.91 Å². The molecule has 0 aliphatic heterocycles. The molecule has 0 unspecified atom stereocenters. The number of halogens is 1. The molecule has 5 nitrogen and oxygen atoms in total. The number of amides is 1. The zero-order chi connectivity index (χ0) is 18.6. The maximum Gasteiger partial charge on any atom is 0.271 e. The minimum absolute atomic E-state index is 0.101. The summed E-state index contributed by atoms with van der Waals surface area (Å²) in [4.78, 5) is 23.7. The highest BCUT2D eigenvalue weighted by Gasteiger charge is 2.21. The maximum atomic E-state index is 12.4. The van der Waals surface area contributed by atoms with E-state index in [0.29, 0.717) is 11.6 Å². The molecule has 134 valence electrons. The SMILES string of the molecule is O=C(NC[C@H](c1ccccc1Cl)c1c[nH]c2ccccc12)c1cnccn1. The molecule has 27 heavy (non-hydrogen) atoms. The highest BCUT2D eigenvalue weighted by molar-refractivity contribution is 6.31. The molecule has 0 spiro atoms. The van der Waals surface area contributed by atoms with Gasteiger partial charge in [0.05, 0.1) is 6.20 Å². The number of fused-ring (bicyclic) bond motifs is 1. The molecular weight excluding hydrogens is 360 g/mol. The molecule has 2 aromatic carbocycles. The van der Waals surface area contributed by atoms with E-state index in [9.17, 15) is 4.79 Å². The van der Waals surface area contributed by atoms with Gasteiger partial charge in [0.15, 0.2) is 0 Å². The van der Waals surface area contributed by atoms with Crippen molar-refractivity contribution in [1.82, 2.24) is 20.3 Å². The van der Waals surface area contributed by atoms with E-state index in [4.69, 9.17) is 11.6 Å². The van der Waals surface area contributed by atoms with Gasteiger partial charge in [0.2, 0.25) is 0 Å². The number of nitrogens with zero attached hydrogens (tertiary/aromatic N) is 2. The van der Waals surface area contributed by atoms with E-state index >= 15 is 0 Å². The molecule has 4 aromatic rings. The number of para-hydroxylation sites is 1. The van der Waals surface area contributed by atoms with Gasteiger partial charge in [-0.2, -0.15) is 0 Å². The number of carbonyl (C=O) groups excluding carboxylic acids is 1. The fourth-order valence-corrected chi connectivity index (χ4v) is 3.50.